The standard InChI is InChI=1S/C20H20ClN3O5/c1-12(2)23-18(25)19(26)24-22-10-15-9-16(21)7-8-17(15)29-11-13-3-5-14(6-4-13)20(27)28/h3-10,12H,11H2,1-2H3,(H,23,25)(H,24,26)(H,27,28)/b22-10-. The number of carbonyl (C=O) groups excluding carboxylic acids is 2. The third-order valence-corrected chi connectivity index (χ3v) is 3.80. The number of benzene rings is 2. The van der Waals surface area contributed by atoms with E-state index in [1.54, 1.807) is 44.2 Å². The Morgan fingerprint density at radius 3 is 2.45 bits per heavy atom. The number of amides is 2. The van der Waals surface area contributed by atoms with Crippen molar-refractivity contribution in [1.82, 2.24) is 10.7 Å². The number of ether oxygens (including phenoxy) is 1. The summed E-state index contributed by atoms with van der Waals surface area (Å²) in [7, 11) is 0. The predicted octanol–water partition coefficient (Wildman–Crippen LogP) is 2.59. The van der Waals surface area contributed by atoms with Crippen LogP contribution in [0.15, 0.2) is 47.6 Å². The topological polar surface area (TPSA) is 117 Å². The maximum atomic E-state index is 11.7. The van der Waals surface area contributed by atoms with Gasteiger partial charge in [-0.25, -0.2) is 10.2 Å². The van der Waals surface area contributed by atoms with E-state index >= 15 is 0 Å². The van der Waals surface area contributed by atoms with Gasteiger partial charge in [-0.2, -0.15) is 5.10 Å². The summed E-state index contributed by atoms with van der Waals surface area (Å²) in [6.45, 7) is 3.66. The van der Waals surface area contributed by atoms with Crippen LogP contribution in [0.4, 0.5) is 0 Å². The first-order valence-electron chi connectivity index (χ1n) is 8.64. The average Bonchev–Trinajstić information content (AvgIpc) is 2.67. The number of carboxylic acids is 1. The Kier molecular flexibility index (Phi) is 7.73. The van der Waals surface area contributed by atoms with Crippen molar-refractivity contribution >= 4 is 35.6 Å². The van der Waals surface area contributed by atoms with E-state index in [1.165, 1.54) is 18.3 Å². The number of aromatic carboxylic acids is 1. The fraction of sp³-hybridized carbons (Fsp3) is 0.200. The molecular weight excluding hydrogens is 398 g/mol. The van der Waals surface area contributed by atoms with Crippen LogP contribution in [0.5, 0.6) is 5.75 Å². The number of nitrogens with zero attached hydrogens (tertiary/aromatic N) is 1. The summed E-state index contributed by atoms with van der Waals surface area (Å²) in [6, 6.07) is 11.0. The summed E-state index contributed by atoms with van der Waals surface area (Å²) in [6.07, 6.45) is 1.31. The van der Waals surface area contributed by atoms with Crippen LogP contribution in [-0.2, 0) is 16.2 Å². The molecule has 0 fully saturated rings. The molecule has 0 aliphatic heterocycles. The minimum absolute atomic E-state index is 0.172. The highest BCUT2D eigenvalue weighted by Crippen LogP contribution is 2.22. The molecule has 8 nitrogen and oxygen atoms in total. The molecule has 0 aromatic heterocycles. The maximum Gasteiger partial charge on any atom is 0.335 e. The zero-order valence-corrected chi connectivity index (χ0v) is 16.6. The first-order valence-corrected chi connectivity index (χ1v) is 9.02. The van der Waals surface area contributed by atoms with Gasteiger partial charge in [0.1, 0.15) is 12.4 Å². The lowest BCUT2D eigenvalue weighted by molar-refractivity contribution is -0.139. The SMILES string of the molecule is CC(C)NC(=O)C(=O)N/N=C\c1cc(Cl)ccc1OCc1ccc(C(=O)O)cc1. The summed E-state index contributed by atoms with van der Waals surface area (Å²) < 4.78 is 5.75. The molecule has 0 atom stereocenters. The highest BCUT2D eigenvalue weighted by Gasteiger charge is 2.13. The van der Waals surface area contributed by atoms with E-state index in [2.05, 4.69) is 15.8 Å². The Morgan fingerprint density at radius 1 is 1.14 bits per heavy atom. The summed E-state index contributed by atoms with van der Waals surface area (Å²) in [5, 5.41) is 15.6. The Labute approximate surface area is 172 Å². The van der Waals surface area contributed by atoms with Crippen molar-refractivity contribution < 1.29 is 24.2 Å². The molecule has 0 saturated heterocycles. The Bertz CT molecular complexity index is 926. The number of carboxylic acid groups (broad SMARTS) is 1. The Morgan fingerprint density at radius 2 is 1.83 bits per heavy atom. The molecule has 2 aromatic carbocycles. The Balaban J connectivity index is 2.04. The predicted molar refractivity (Wildman–Crippen MR) is 108 cm³/mol. The monoisotopic (exact) mass is 417 g/mol. The van der Waals surface area contributed by atoms with Crippen molar-refractivity contribution in [3.63, 3.8) is 0 Å². The Hall–Kier alpha value is -3.39. The van der Waals surface area contributed by atoms with Crippen molar-refractivity contribution in [2.45, 2.75) is 26.5 Å². The molecule has 2 amide bonds. The van der Waals surface area contributed by atoms with E-state index in [4.69, 9.17) is 21.4 Å². The molecule has 3 N–H and O–H groups in total. The van der Waals surface area contributed by atoms with Crippen molar-refractivity contribution in [3.05, 3.63) is 64.2 Å². The molecule has 2 aromatic rings. The summed E-state index contributed by atoms with van der Waals surface area (Å²) in [5.41, 5.74) is 3.58. The van der Waals surface area contributed by atoms with E-state index in [9.17, 15) is 14.4 Å². The lowest BCUT2D eigenvalue weighted by Gasteiger charge is -2.10. The van der Waals surface area contributed by atoms with Gasteiger partial charge in [0, 0.05) is 16.6 Å². The molecule has 29 heavy (non-hydrogen) atoms. The van der Waals surface area contributed by atoms with Gasteiger partial charge in [0.05, 0.1) is 11.8 Å². The zero-order chi connectivity index (χ0) is 21.4. The van der Waals surface area contributed by atoms with Gasteiger partial charge in [0.2, 0.25) is 0 Å². The maximum absolute atomic E-state index is 11.7. The summed E-state index contributed by atoms with van der Waals surface area (Å²) in [4.78, 5) is 34.1. The fourth-order valence-corrected chi connectivity index (χ4v) is 2.38. The normalized spacial score (nSPS) is 10.8. The molecule has 2 rings (SSSR count). The second-order valence-corrected chi connectivity index (χ2v) is 6.74. The number of nitrogens with one attached hydrogen (secondary N) is 2. The van der Waals surface area contributed by atoms with Gasteiger partial charge in [-0.05, 0) is 49.7 Å². The van der Waals surface area contributed by atoms with Gasteiger partial charge in [0.25, 0.3) is 0 Å². The molecule has 152 valence electrons. The van der Waals surface area contributed by atoms with Crippen molar-refractivity contribution in [2.75, 3.05) is 0 Å². The third-order valence-electron chi connectivity index (χ3n) is 3.56. The van der Waals surface area contributed by atoms with Crippen LogP contribution in [0.1, 0.15) is 35.3 Å². The second-order valence-electron chi connectivity index (χ2n) is 6.30. The van der Waals surface area contributed by atoms with Crippen molar-refractivity contribution in [3.8, 4) is 5.75 Å². The fourth-order valence-electron chi connectivity index (χ4n) is 2.20. The molecule has 0 aliphatic rings. The molecule has 0 radical (unpaired) electrons. The smallest absolute Gasteiger partial charge is 0.335 e. The van der Waals surface area contributed by atoms with Crippen LogP contribution in [0, 0.1) is 0 Å². The molecule has 0 saturated carbocycles. The van der Waals surface area contributed by atoms with Gasteiger partial charge in [-0.3, -0.25) is 9.59 Å². The number of rotatable bonds is 7. The molecule has 0 bridgehead atoms. The molecule has 9 heteroatoms. The van der Waals surface area contributed by atoms with Crippen LogP contribution in [-0.4, -0.2) is 35.1 Å². The summed E-state index contributed by atoms with van der Waals surface area (Å²) >= 11 is 6.01. The van der Waals surface area contributed by atoms with E-state index in [-0.39, 0.29) is 18.2 Å². The van der Waals surface area contributed by atoms with Crippen LogP contribution in [0.25, 0.3) is 0 Å². The lowest BCUT2D eigenvalue weighted by Crippen LogP contribution is -2.41. The quantitative estimate of drug-likeness (QED) is 0.363. The highest BCUT2D eigenvalue weighted by atomic mass is 35.5. The molecular formula is C20H20ClN3O5. The van der Waals surface area contributed by atoms with Crippen LogP contribution in [0.2, 0.25) is 5.02 Å². The van der Waals surface area contributed by atoms with Gasteiger partial charge in [-0.1, -0.05) is 23.7 Å². The van der Waals surface area contributed by atoms with Gasteiger partial charge < -0.3 is 15.2 Å². The number of hydrogen-bond donors (Lipinski definition) is 3. The molecule has 0 spiro atoms. The highest BCUT2D eigenvalue weighted by molar-refractivity contribution is 6.35. The van der Waals surface area contributed by atoms with E-state index in [0.717, 1.165) is 5.56 Å². The van der Waals surface area contributed by atoms with Crippen molar-refractivity contribution in [2.24, 2.45) is 5.10 Å². The molecule has 0 unspecified atom stereocenters. The van der Waals surface area contributed by atoms with E-state index in [1.807, 2.05) is 0 Å². The second kappa shape index (κ2) is 10.2. The number of hydrazone groups is 1. The molecule has 0 heterocycles. The van der Waals surface area contributed by atoms with Gasteiger partial charge >= 0.3 is 17.8 Å². The van der Waals surface area contributed by atoms with E-state index in [0.29, 0.717) is 16.3 Å². The first-order chi connectivity index (χ1) is 13.8. The third kappa shape index (κ3) is 6.93. The number of hydrogen-bond acceptors (Lipinski definition) is 5. The summed E-state index contributed by atoms with van der Waals surface area (Å²) in [5.74, 6) is -2.23. The first kappa shape index (κ1) is 21.9. The van der Waals surface area contributed by atoms with Crippen LogP contribution in [0.3, 0.4) is 0 Å². The molecule has 0 aliphatic carbocycles. The minimum Gasteiger partial charge on any atom is -0.488 e. The van der Waals surface area contributed by atoms with Crippen LogP contribution >= 0.6 is 11.6 Å². The van der Waals surface area contributed by atoms with Crippen LogP contribution < -0.4 is 15.5 Å². The van der Waals surface area contributed by atoms with Crippen molar-refractivity contribution in [1.29, 1.82) is 0 Å². The minimum atomic E-state index is -1.00. The zero-order valence-electron chi connectivity index (χ0n) is 15.8. The lowest BCUT2D eigenvalue weighted by atomic mass is 10.1. The number of halogens is 1. The largest absolute Gasteiger partial charge is 0.488 e. The van der Waals surface area contributed by atoms with Gasteiger partial charge in [0.15, 0.2) is 0 Å². The number of carbonyl (C=O) groups is 3. The van der Waals surface area contributed by atoms with E-state index < -0.39 is 17.8 Å². The van der Waals surface area contributed by atoms with Gasteiger partial charge in [-0.15, -0.1) is 0 Å². The average molecular weight is 418 g/mol.